The molecule has 2 fully saturated rings. The number of nitrogens with one attached hydrogen (secondary N) is 3. The monoisotopic (exact) mass is 331 g/mol. The Morgan fingerprint density at radius 3 is 2.92 bits per heavy atom. The molecule has 6 nitrogen and oxygen atoms in total. The molecule has 1 unspecified atom stereocenters. The van der Waals surface area contributed by atoms with E-state index in [1.807, 2.05) is 24.3 Å². The highest BCUT2D eigenvalue weighted by atomic mass is 16.5. The third-order valence-electron chi connectivity index (χ3n) is 4.93. The van der Waals surface area contributed by atoms with E-state index in [2.05, 4.69) is 16.0 Å². The molecule has 6 heteroatoms. The predicted octanol–water partition coefficient (Wildman–Crippen LogP) is 0.612. The average Bonchev–Trinajstić information content (AvgIpc) is 2.76. The molecule has 0 aromatic heterocycles. The van der Waals surface area contributed by atoms with E-state index in [0.29, 0.717) is 32.5 Å². The number of methoxy groups -OCH3 is 1. The van der Waals surface area contributed by atoms with E-state index in [1.165, 1.54) is 0 Å². The van der Waals surface area contributed by atoms with Crippen LogP contribution in [0.5, 0.6) is 5.75 Å². The smallest absolute Gasteiger partial charge is 0.242 e. The van der Waals surface area contributed by atoms with Gasteiger partial charge in [0, 0.05) is 19.6 Å². The first-order valence-corrected chi connectivity index (χ1v) is 8.55. The van der Waals surface area contributed by atoms with Crippen molar-refractivity contribution in [3.05, 3.63) is 29.8 Å². The lowest BCUT2D eigenvalue weighted by Crippen LogP contribution is -2.64. The second-order valence-electron chi connectivity index (χ2n) is 6.73. The Labute approximate surface area is 142 Å². The van der Waals surface area contributed by atoms with E-state index >= 15 is 0 Å². The first-order valence-electron chi connectivity index (χ1n) is 8.55. The van der Waals surface area contributed by atoms with Crippen LogP contribution in [0, 0.1) is 5.41 Å². The molecular formula is C18H25N3O3. The van der Waals surface area contributed by atoms with Crippen molar-refractivity contribution < 1.29 is 14.3 Å². The fourth-order valence-corrected chi connectivity index (χ4v) is 3.35. The van der Waals surface area contributed by atoms with Gasteiger partial charge in [-0.25, -0.2) is 0 Å². The van der Waals surface area contributed by atoms with Crippen LogP contribution in [0.25, 0.3) is 0 Å². The molecule has 130 valence electrons. The second-order valence-corrected chi connectivity index (χ2v) is 6.73. The molecule has 0 aliphatic carbocycles. The third-order valence-corrected chi connectivity index (χ3v) is 4.93. The van der Waals surface area contributed by atoms with E-state index in [4.69, 9.17) is 4.74 Å². The molecular weight excluding hydrogens is 306 g/mol. The van der Waals surface area contributed by atoms with E-state index in [1.54, 1.807) is 7.11 Å². The van der Waals surface area contributed by atoms with Crippen LogP contribution in [0.3, 0.4) is 0 Å². The summed E-state index contributed by atoms with van der Waals surface area (Å²) in [6, 6.07) is 7.39. The number of benzene rings is 1. The van der Waals surface area contributed by atoms with Gasteiger partial charge >= 0.3 is 0 Å². The summed E-state index contributed by atoms with van der Waals surface area (Å²) in [5.41, 5.74) is 0.579. The predicted molar refractivity (Wildman–Crippen MR) is 90.8 cm³/mol. The van der Waals surface area contributed by atoms with Crippen LogP contribution in [0.2, 0.25) is 0 Å². The van der Waals surface area contributed by atoms with Gasteiger partial charge in [0.15, 0.2) is 0 Å². The summed E-state index contributed by atoms with van der Waals surface area (Å²) >= 11 is 0. The van der Waals surface area contributed by atoms with Crippen LogP contribution in [0.4, 0.5) is 0 Å². The summed E-state index contributed by atoms with van der Waals surface area (Å²) in [5, 5.41) is 9.04. The summed E-state index contributed by atoms with van der Waals surface area (Å²) in [6.45, 7) is 1.95. The average molecular weight is 331 g/mol. The Morgan fingerprint density at radius 1 is 1.38 bits per heavy atom. The number of carbonyl (C=O) groups is 2. The molecule has 2 saturated heterocycles. The first-order chi connectivity index (χ1) is 11.6. The highest BCUT2D eigenvalue weighted by Crippen LogP contribution is 2.30. The van der Waals surface area contributed by atoms with Gasteiger partial charge in [0.05, 0.1) is 12.5 Å². The van der Waals surface area contributed by atoms with Crippen molar-refractivity contribution in [2.24, 2.45) is 5.41 Å². The summed E-state index contributed by atoms with van der Waals surface area (Å²) in [4.78, 5) is 24.9. The van der Waals surface area contributed by atoms with Crippen molar-refractivity contribution in [3.63, 3.8) is 0 Å². The fourth-order valence-electron chi connectivity index (χ4n) is 3.35. The molecule has 2 aliphatic rings. The van der Waals surface area contributed by atoms with Crippen molar-refractivity contribution in [2.75, 3.05) is 26.7 Å². The molecule has 2 heterocycles. The van der Waals surface area contributed by atoms with Gasteiger partial charge in [0.2, 0.25) is 11.8 Å². The lowest BCUT2D eigenvalue weighted by molar-refractivity contribution is -0.137. The highest BCUT2D eigenvalue weighted by Gasteiger charge is 2.45. The summed E-state index contributed by atoms with van der Waals surface area (Å²) in [7, 11) is 1.64. The molecule has 2 amide bonds. The van der Waals surface area contributed by atoms with E-state index in [9.17, 15) is 9.59 Å². The Kier molecular flexibility index (Phi) is 5.04. The molecule has 0 spiro atoms. The molecule has 2 aliphatic heterocycles. The third kappa shape index (κ3) is 3.53. The minimum absolute atomic E-state index is 0.0360. The van der Waals surface area contributed by atoms with Crippen LogP contribution in [-0.2, 0) is 16.0 Å². The zero-order chi connectivity index (χ0) is 17.0. The highest BCUT2D eigenvalue weighted by molar-refractivity contribution is 5.91. The van der Waals surface area contributed by atoms with Gasteiger partial charge in [-0.15, -0.1) is 0 Å². The molecule has 24 heavy (non-hydrogen) atoms. The van der Waals surface area contributed by atoms with Gasteiger partial charge in [-0.3, -0.25) is 9.59 Å². The molecule has 1 aromatic rings. The van der Waals surface area contributed by atoms with Crippen molar-refractivity contribution in [3.8, 4) is 5.75 Å². The number of hydrogen-bond donors (Lipinski definition) is 3. The van der Waals surface area contributed by atoms with Gasteiger partial charge in [0.25, 0.3) is 0 Å². The molecule has 1 aromatic carbocycles. The quantitative estimate of drug-likeness (QED) is 0.739. The SMILES string of the molecule is COc1cccc(CC2(C(=O)NC3CCCCNC3=O)CNC2)c1. The Balaban J connectivity index is 1.69. The zero-order valence-electron chi connectivity index (χ0n) is 14.1. The Hall–Kier alpha value is -2.08. The number of carbonyl (C=O) groups excluding carboxylic acids is 2. The van der Waals surface area contributed by atoms with Crippen LogP contribution in [-0.4, -0.2) is 44.6 Å². The van der Waals surface area contributed by atoms with E-state index in [0.717, 1.165) is 24.2 Å². The molecule has 3 N–H and O–H groups in total. The van der Waals surface area contributed by atoms with Crippen molar-refractivity contribution in [1.82, 2.24) is 16.0 Å². The Bertz CT molecular complexity index is 613. The normalized spacial score (nSPS) is 22.7. The van der Waals surface area contributed by atoms with E-state index < -0.39 is 11.5 Å². The summed E-state index contributed by atoms with van der Waals surface area (Å²) in [5.74, 6) is 0.689. The van der Waals surface area contributed by atoms with Gasteiger partial charge in [-0.1, -0.05) is 12.1 Å². The molecule has 0 saturated carbocycles. The second kappa shape index (κ2) is 7.21. The number of ether oxygens (including phenoxy) is 1. The molecule has 3 rings (SSSR count). The summed E-state index contributed by atoms with van der Waals surface area (Å²) < 4.78 is 5.26. The van der Waals surface area contributed by atoms with Gasteiger partial charge < -0.3 is 20.7 Å². The molecule has 1 atom stereocenters. The minimum Gasteiger partial charge on any atom is -0.497 e. The maximum absolute atomic E-state index is 12.9. The fraction of sp³-hybridized carbons (Fsp3) is 0.556. The van der Waals surface area contributed by atoms with Gasteiger partial charge in [0.1, 0.15) is 11.8 Å². The van der Waals surface area contributed by atoms with Crippen LogP contribution >= 0.6 is 0 Å². The van der Waals surface area contributed by atoms with Crippen molar-refractivity contribution in [2.45, 2.75) is 31.7 Å². The molecule has 0 bridgehead atoms. The zero-order valence-corrected chi connectivity index (χ0v) is 14.1. The van der Waals surface area contributed by atoms with E-state index in [-0.39, 0.29) is 11.8 Å². The minimum atomic E-state index is -0.487. The maximum Gasteiger partial charge on any atom is 0.242 e. The molecule has 0 radical (unpaired) electrons. The van der Waals surface area contributed by atoms with Crippen LogP contribution < -0.4 is 20.7 Å². The Morgan fingerprint density at radius 2 is 2.21 bits per heavy atom. The van der Waals surface area contributed by atoms with Crippen molar-refractivity contribution >= 4 is 11.8 Å². The number of rotatable bonds is 5. The van der Waals surface area contributed by atoms with Crippen molar-refractivity contribution in [1.29, 1.82) is 0 Å². The first kappa shape index (κ1) is 16.8. The lowest BCUT2D eigenvalue weighted by atomic mass is 9.75. The number of hydrogen-bond acceptors (Lipinski definition) is 4. The lowest BCUT2D eigenvalue weighted by Gasteiger charge is -2.42. The van der Waals surface area contributed by atoms with Gasteiger partial charge in [-0.05, 0) is 43.4 Å². The topological polar surface area (TPSA) is 79.5 Å². The largest absolute Gasteiger partial charge is 0.497 e. The van der Waals surface area contributed by atoms with Crippen LogP contribution in [0.1, 0.15) is 24.8 Å². The standard InChI is InChI=1S/C18H25N3O3/c1-24-14-6-4-5-13(9-14)10-18(11-19-12-18)17(23)21-15-7-2-3-8-20-16(15)22/h4-6,9,15,19H,2-3,7-8,10-12H2,1H3,(H,20,22)(H,21,23). The number of amides is 2. The van der Waals surface area contributed by atoms with Gasteiger partial charge in [-0.2, -0.15) is 0 Å². The van der Waals surface area contributed by atoms with Crippen LogP contribution in [0.15, 0.2) is 24.3 Å². The summed E-state index contributed by atoms with van der Waals surface area (Å²) in [6.07, 6.45) is 3.26. The maximum atomic E-state index is 12.9.